The van der Waals surface area contributed by atoms with Crippen LogP contribution in [0.4, 0.5) is 5.69 Å². The molecule has 0 aliphatic heterocycles. The van der Waals surface area contributed by atoms with Gasteiger partial charge in [0.15, 0.2) is 0 Å². The van der Waals surface area contributed by atoms with Crippen LogP contribution in [0, 0.1) is 5.92 Å². The molecule has 1 rings (SSSR count). The molecule has 0 atom stereocenters. The largest absolute Gasteiger partial charge is 0.395 e. The molecule has 1 aromatic rings. The second-order valence-corrected chi connectivity index (χ2v) is 4.06. The molecule has 3 heteroatoms. The number of carbonyl (C=O) groups is 1. The molecular weight excluding hydrogens is 214 g/mol. The molecule has 1 amide bonds. The summed E-state index contributed by atoms with van der Waals surface area (Å²) in [5.41, 5.74) is 0.860. The van der Waals surface area contributed by atoms with E-state index in [4.69, 9.17) is 5.11 Å². The number of carbonyl (C=O) groups excluding carboxylic acids is 1. The lowest BCUT2D eigenvalue weighted by Crippen LogP contribution is -2.37. The number of hydrogen-bond acceptors (Lipinski definition) is 2. The lowest BCUT2D eigenvalue weighted by molar-refractivity contribution is -0.122. The molecule has 0 aliphatic rings. The maximum absolute atomic E-state index is 12.3. The summed E-state index contributed by atoms with van der Waals surface area (Å²) in [6, 6.07) is 9.52. The predicted octanol–water partition coefficient (Wildman–Crippen LogP) is 2.45. The Morgan fingerprint density at radius 3 is 2.29 bits per heavy atom. The maximum Gasteiger partial charge on any atom is 0.230 e. The summed E-state index contributed by atoms with van der Waals surface area (Å²) in [6.45, 7) is 4.39. The zero-order chi connectivity index (χ0) is 12.7. The topological polar surface area (TPSA) is 40.5 Å². The zero-order valence-electron chi connectivity index (χ0n) is 10.6. The van der Waals surface area contributed by atoms with Crippen LogP contribution in [0.1, 0.15) is 26.7 Å². The summed E-state index contributed by atoms with van der Waals surface area (Å²) >= 11 is 0. The molecule has 0 aromatic heterocycles. The van der Waals surface area contributed by atoms with Crippen LogP contribution >= 0.6 is 0 Å². The summed E-state index contributed by atoms with van der Waals surface area (Å²) in [7, 11) is 0. The van der Waals surface area contributed by atoms with Crippen molar-refractivity contribution >= 4 is 11.6 Å². The molecule has 0 radical (unpaired) electrons. The minimum Gasteiger partial charge on any atom is -0.395 e. The normalized spacial score (nSPS) is 10.6. The molecule has 0 unspecified atom stereocenters. The Balaban J connectivity index is 2.89. The Hall–Kier alpha value is -1.35. The van der Waals surface area contributed by atoms with Crippen LogP contribution in [0.2, 0.25) is 0 Å². The van der Waals surface area contributed by atoms with E-state index in [1.165, 1.54) is 0 Å². The van der Waals surface area contributed by atoms with Gasteiger partial charge in [0.25, 0.3) is 0 Å². The van der Waals surface area contributed by atoms with Crippen molar-refractivity contribution in [2.75, 3.05) is 18.1 Å². The van der Waals surface area contributed by atoms with E-state index in [2.05, 4.69) is 0 Å². The summed E-state index contributed by atoms with van der Waals surface area (Å²) < 4.78 is 0. The van der Waals surface area contributed by atoms with Gasteiger partial charge >= 0.3 is 0 Å². The van der Waals surface area contributed by atoms with Gasteiger partial charge in [0.2, 0.25) is 5.91 Å². The minimum atomic E-state index is -0.0131. The zero-order valence-corrected chi connectivity index (χ0v) is 10.6. The van der Waals surface area contributed by atoms with Crippen molar-refractivity contribution < 1.29 is 9.90 Å². The Labute approximate surface area is 103 Å². The van der Waals surface area contributed by atoms with E-state index in [9.17, 15) is 4.79 Å². The highest BCUT2D eigenvalue weighted by atomic mass is 16.3. The first kappa shape index (κ1) is 13.7. The van der Waals surface area contributed by atoms with Gasteiger partial charge in [0.1, 0.15) is 0 Å². The van der Waals surface area contributed by atoms with E-state index < -0.39 is 0 Å². The van der Waals surface area contributed by atoms with E-state index in [0.29, 0.717) is 6.54 Å². The molecule has 94 valence electrons. The highest BCUT2D eigenvalue weighted by Crippen LogP contribution is 2.19. The van der Waals surface area contributed by atoms with Gasteiger partial charge in [0, 0.05) is 18.2 Å². The van der Waals surface area contributed by atoms with Gasteiger partial charge < -0.3 is 10.0 Å². The summed E-state index contributed by atoms with van der Waals surface area (Å²) in [5.74, 6) is 0.150. The van der Waals surface area contributed by atoms with Crippen LogP contribution < -0.4 is 4.90 Å². The number of amides is 1. The average molecular weight is 235 g/mol. The van der Waals surface area contributed by atoms with Gasteiger partial charge in [-0.1, -0.05) is 32.0 Å². The number of anilines is 1. The van der Waals surface area contributed by atoms with Crippen molar-refractivity contribution in [1.29, 1.82) is 0 Å². The van der Waals surface area contributed by atoms with Crippen LogP contribution in [0.25, 0.3) is 0 Å². The van der Waals surface area contributed by atoms with Crippen molar-refractivity contribution in [1.82, 2.24) is 0 Å². The van der Waals surface area contributed by atoms with E-state index in [1.807, 2.05) is 44.2 Å². The highest BCUT2D eigenvalue weighted by Gasteiger charge is 2.22. The first-order valence-electron chi connectivity index (χ1n) is 6.21. The predicted molar refractivity (Wildman–Crippen MR) is 70.0 cm³/mol. The average Bonchev–Trinajstić information content (AvgIpc) is 2.38. The van der Waals surface area contributed by atoms with E-state index in [-0.39, 0.29) is 18.4 Å². The first-order chi connectivity index (χ1) is 8.24. The van der Waals surface area contributed by atoms with Crippen molar-refractivity contribution in [2.45, 2.75) is 26.7 Å². The van der Waals surface area contributed by atoms with Crippen LogP contribution in [-0.2, 0) is 4.79 Å². The molecule has 0 heterocycles. The molecule has 0 saturated heterocycles. The van der Waals surface area contributed by atoms with Gasteiger partial charge in [-0.2, -0.15) is 0 Å². The van der Waals surface area contributed by atoms with Crippen molar-refractivity contribution in [2.24, 2.45) is 5.92 Å². The lowest BCUT2D eigenvalue weighted by atomic mass is 10.0. The standard InChI is InChI=1S/C14H21NO2/c1-3-12(4-2)14(17)15(10-11-16)13-8-6-5-7-9-13/h5-9,12,16H,3-4,10-11H2,1-2H3. The number of aliphatic hydroxyl groups is 1. The van der Waals surface area contributed by atoms with Crippen LogP contribution in [0.15, 0.2) is 30.3 Å². The monoisotopic (exact) mass is 235 g/mol. The molecule has 0 fully saturated rings. The van der Waals surface area contributed by atoms with E-state index >= 15 is 0 Å². The highest BCUT2D eigenvalue weighted by molar-refractivity contribution is 5.94. The second-order valence-electron chi connectivity index (χ2n) is 4.06. The Morgan fingerprint density at radius 1 is 1.24 bits per heavy atom. The quantitative estimate of drug-likeness (QED) is 0.822. The van der Waals surface area contributed by atoms with Gasteiger partial charge in [0.05, 0.1) is 6.61 Å². The number of aliphatic hydroxyl groups excluding tert-OH is 1. The number of benzene rings is 1. The minimum absolute atomic E-state index is 0.0131. The Bertz CT molecular complexity index is 333. The lowest BCUT2D eigenvalue weighted by Gasteiger charge is -2.25. The summed E-state index contributed by atoms with van der Waals surface area (Å²) in [4.78, 5) is 14.0. The SMILES string of the molecule is CCC(CC)C(=O)N(CCO)c1ccccc1. The third-order valence-corrected chi connectivity index (χ3v) is 2.99. The third kappa shape index (κ3) is 3.56. The molecule has 1 aromatic carbocycles. The number of para-hydroxylation sites is 1. The second kappa shape index (κ2) is 7.07. The first-order valence-corrected chi connectivity index (χ1v) is 6.21. The molecule has 1 N–H and O–H groups in total. The Kier molecular flexibility index (Phi) is 5.70. The fourth-order valence-electron chi connectivity index (χ4n) is 1.93. The fraction of sp³-hybridized carbons (Fsp3) is 0.500. The molecule has 17 heavy (non-hydrogen) atoms. The van der Waals surface area contributed by atoms with Gasteiger partial charge in [-0.05, 0) is 25.0 Å². The van der Waals surface area contributed by atoms with E-state index in [1.54, 1.807) is 4.90 Å². The molecular formula is C14H21NO2. The van der Waals surface area contributed by atoms with Crippen molar-refractivity contribution in [3.63, 3.8) is 0 Å². The third-order valence-electron chi connectivity index (χ3n) is 2.99. The molecule has 0 saturated carbocycles. The molecule has 0 bridgehead atoms. The van der Waals surface area contributed by atoms with Crippen molar-refractivity contribution in [3.05, 3.63) is 30.3 Å². The van der Waals surface area contributed by atoms with Crippen molar-refractivity contribution in [3.8, 4) is 0 Å². The molecule has 0 aliphatic carbocycles. The molecule has 3 nitrogen and oxygen atoms in total. The summed E-state index contributed by atoms with van der Waals surface area (Å²) in [5, 5.41) is 9.08. The Morgan fingerprint density at radius 2 is 1.82 bits per heavy atom. The van der Waals surface area contributed by atoms with Crippen LogP contribution in [0.5, 0.6) is 0 Å². The van der Waals surface area contributed by atoms with Gasteiger partial charge in [-0.3, -0.25) is 4.79 Å². The molecule has 0 spiro atoms. The maximum atomic E-state index is 12.3. The van der Waals surface area contributed by atoms with Gasteiger partial charge in [-0.25, -0.2) is 0 Å². The van der Waals surface area contributed by atoms with Gasteiger partial charge in [-0.15, -0.1) is 0 Å². The number of nitrogens with zero attached hydrogens (tertiary/aromatic N) is 1. The fourth-order valence-corrected chi connectivity index (χ4v) is 1.93. The number of rotatable bonds is 6. The summed E-state index contributed by atoms with van der Waals surface area (Å²) in [6.07, 6.45) is 1.67. The number of hydrogen-bond donors (Lipinski definition) is 1. The van der Waals surface area contributed by atoms with E-state index in [0.717, 1.165) is 18.5 Å². The van der Waals surface area contributed by atoms with Crippen LogP contribution in [0.3, 0.4) is 0 Å². The van der Waals surface area contributed by atoms with Crippen LogP contribution in [-0.4, -0.2) is 24.2 Å². The smallest absolute Gasteiger partial charge is 0.230 e.